The van der Waals surface area contributed by atoms with E-state index in [0.29, 0.717) is 31.4 Å². The monoisotopic (exact) mass is 451 g/mol. The molecule has 2 N–H and O–H groups in total. The van der Waals surface area contributed by atoms with E-state index in [9.17, 15) is 19.5 Å². The van der Waals surface area contributed by atoms with Gasteiger partial charge in [0.05, 0.1) is 24.8 Å². The van der Waals surface area contributed by atoms with Crippen molar-refractivity contribution in [3.05, 3.63) is 18.0 Å². The maximum absolute atomic E-state index is 15.2. The van der Waals surface area contributed by atoms with E-state index in [1.807, 2.05) is 0 Å². The molecule has 178 valence electrons. The molecule has 0 bridgehead atoms. The number of carbonyl (C=O) groups excluding carboxylic acids is 3. The smallest absolute Gasteiger partial charge is 0.407 e. The van der Waals surface area contributed by atoms with Crippen molar-refractivity contribution in [3.63, 3.8) is 0 Å². The van der Waals surface area contributed by atoms with Crippen LogP contribution in [0.1, 0.15) is 70.4 Å². The maximum atomic E-state index is 15.2. The summed E-state index contributed by atoms with van der Waals surface area (Å²) in [5, 5.41) is 17.6. The number of ether oxygens (including phenoxy) is 1. The molecule has 2 aliphatic rings. The van der Waals surface area contributed by atoms with Crippen LogP contribution in [-0.4, -0.2) is 57.0 Å². The Morgan fingerprint density at radius 3 is 2.44 bits per heavy atom. The average molecular weight is 452 g/mol. The largest absolute Gasteiger partial charge is 0.450 e. The van der Waals surface area contributed by atoms with Gasteiger partial charge in [0.25, 0.3) is 0 Å². The second-order valence-corrected chi connectivity index (χ2v) is 9.36. The van der Waals surface area contributed by atoms with E-state index in [-0.39, 0.29) is 37.4 Å². The fourth-order valence-electron chi connectivity index (χ4n) is 4.96. The van der Waals surface area contributed by atoms with Gasteiger partial charge < -0.3 is 15.2 Å². The van der Waals surface area contributed by atoms with Crippen LogP contribution in [-0.2, 0) is 27.8 Å². The van der Waals surface area contributed by atoms with Gasteiger partial charge in [-0.25, -0.2) is 9.18 Å². The topological polar surface area (TPSA) is 111 Å². The Morgan fingerprint density at radius 2 is 1.91 bits per heavy atom. The van der Waals surface area contributed by atoms with Crippen LogP contribution in [0.25, 0.3) is 0 Å². The molecule has 0 radical (unpaired) electrons. The van der Waals surface area contributed by atoms with Crippen molar-refractivity contribution >= 4 is 17.7 Å². The Bertz CT molecular complexity index is 829. The zero-order valence-corrected chi connectivity index (χ0v) is 18.9. The number of nitrogens with zero attached hydrogens (tertiary/aromatic N) is 2. The van der Waals surface area contributed by atoms with E-state index in [2.05, 4.69) is 10.4 Å². The van der Waals surface area contributed by atoms with Crippen LogP contribution >= 0.6 is 0 Å². The first-order valence-corrected chi connectivity index (χ1v) is 11.5. The lowest BCUT2D eigenvalue weighted by molar-refractivity contribution is -0.144. The molecule has 1 amide bonds. The molecule has 2 fully saturated rings. The molecule has 9 heteroatoms. The minimum Gasteiger partial charge on any atom is -0.450 e. The van der Waals surface area contributed by atoms with E-state index in [1.54, 1.807) is 30.9 Å². The molecule has 0 saturated heterocycles. The molecule has 32 heavy (non-hydrogen) atoms. The highest BCUT2D eigenvalue weighted by Crippen LogP contribution is 2.48. The van der Waals surface area contributed by atoms with E-state index in [4.69, 9.17) is 4.74 Å². The molecule has 0 aromatic carbocycles. The summed E-state index contributed by atoms with van der Waals surface area (Å²) in [5.41, 5.74) is -1.82. The summed E-state index contributed by atoms with van der Waals surface area (Å²) in [4.78, 5) is 38.0. The van der Waals surface area contributed by atoms with Crippen molar-refractivity contribution in [2.45, 2.75) is 88.9 Å². The van der Waals surface area contributed by atoms with Gasteiger partial charge in [-0.15, -0.1) is 0 Å². The molecule has 2 atom stereocenters. The number of halogens is 1. The number of carbonyl (C=O) groups is 3. The highest BCUT2D eigenvalue weighted by Gasteiger charge is 2.49. The van der Waals surface area contributed by atoms with Crippen molar-refractivity contribution in [1.82, 2.24) is 15.1 Å². The standard InChI is InChI=1S/C23H34FN3O5/c1-3-32-21(31)25-17(14-23(24)10-4-5-11-23)19(29)15-22(8-6-9-22)20(30)18(28)13-16-7-12-27(2)26-16/h7,12,17,20,30H,3-6,8-11,13-15H2,1-2H3,(H,25,31)/t17-,20?/m0/s1. The molecule has 2 aliphatic carbocycles. The van der Waals surface area contributed by atoms with Crippen LogP contribution in [0.3, 0.4) is 0 Å². The molecule has 1 unspecified atom stereocenters. The summed E-state index contributed by atoms with van der Waals surface area (Å²) < 4.78 is 21.7. The third-order valence-corrected chi connectivity index (χ3v) is 6.91. The van der Waals surface area contributed by atoms with Gasteiger partial charge in [-0.05, 0) is 38.7 Å². The molecule has 1 heterocycles. The first kappa shape index (κ1) is 24.4. The third kappa shape index (κ3) is 5.74. The summed E-state index contributed by atoms with van der Waals surface area (Å²) in [7, 11) is 1.75. The predicted octanol–water partition coefficient (Wildman–Crippen LogP) is 2.81. The van der Waals surface area contributed by atoms with Crippen molar-refractivity contribution in [2.75, 3.05) is 6.61 Å². The first-order chi connectivity index (χ1) is 15.2. The van der Waals surface area contributed by atoms with Crippen molar-refractivity contribution in [1.29, 1.82) is 0 Å². The van der Waals surface area contributed by atoms with Gasteiger partial charge in [0, 0.05) is 31.5 Å². The lowest BCUT2D eigenvalue weighted by atomic mass is 9.60. The van der Waals surface area contributed by atoms with Crippen molar-refractivity contribution in [3.8, 4) is 0 Å². The lowest BCUT2D eigenvalue weighted by Crippen LogP contribution is -2.52. The molecule has 1 aromatic rings. The fraction of sp³-hybridized carbons (Fsp3) is 0.739. The van der Waals surface area contributed by atoms with Crippen LogP contribution in [0.2, 0.25) is 0 Å². The highest BCUT2D eigenvalue weighted by atomic mass is 19.1. The van der Waals surface area contributed by atoms with Gasteiger partial charge in [0.1, 0.15) is 11.8 Å². The van der Waals surface area contributed by atoms with Gasteiger partial charge in [0.15, 0.2) is 11.6 Å². The van der Waals surface area contributed by atoms with Gasteiger partial charge in [-0.1, -0.05) is 19.3 Å². The zero-order valence-electron chi connectivity index (χ0n) is 18.9. The number of aromatic nitrogens is 2. The van der Waals surface area contributed by atoms with Gasteiger partial charge >= 0.3 is 6.09 Å². The number of Topliss-reactive ketones (excluding diaryl/α,β-unsaturated/α-hetero) is 2. The van der Waals surface area contributed by atoms with Crippen LogP contribution in [0.15, 0.2) is 12.3 Å². The molecule has 2 saturated carbocycles. The second-order valence-electron chi connectivity index (χ2n) is 9.36. The van der Waals surface area contributed by atoms with E-state index in [1.165, 1.54) is 0 Å². The van der Waals surface area contributed by atoms with Crippen LogP contribution in [0.5, 0.6) is 0 Å². The maximum Gasteiger partial charge on any atom is 0.407 e. The van der Waals surface area contributed by atoms with Gasteiger partial charge in [-0.2, -0.15) is 5.10 Å². The fourth-order valence-corrected chi connectivity index (χ4v) is 4.96. The molecular weight excluding hydrogens is 417 g/mol. The number of hydrogen-bond donors (Lipinski definition) is 2. The van der Waals surface area contributed by atoms with Crippen LogP contribution in [0, 0.1) is 5.41 Å². The van der Waals surface area contributed by atoms with Gasteiger partial charge in [-0.3, -0.25) is 14.3 Å². The molecule has 8 nitrogen and oxygen atoms in total. The molecule has 0 spiro atoms. The lowest BCUT2D eigenvalue weighted by Gasteiger charge is -2.45. The van der Waals surface area contributed by atoms with Crippen LogP contribution < -0.4 is 5.32 Å². The minimum absolute atomic E-state index is 0.0178. The number of rotatable bonds is 11. The van der Waals surface area contributed by atoms with Crippen molar-refractivity contribution < 1.29 is 28.6 Å². The average Bonchev–Trinajstić information content (AvgIpc) is 3.31. The molecule has 0 aliphatic heterocycles. The number of alkyl carbamates (subject to hydrolysis) is 1. The number of hydrogen-bond acceptors (Lipinski definition) is 6. The number of aliphatic hydroxyl groups excluding tert-OH is 1. The summed E-state index contributed by atoms with van der Waals surface area (Å²) in [5.74, 6) is -0.754. The predicted molar refractivity (Wildman–Crippen MR) is 115 cm³/mol. The molecule has 1 aromatic heterocycles. The van der Waals surface area contributed by atoms with Crippen LogP contribution in [0.4, 0.5) is 9.18 Å². The Morgan fingerprint density at radius 1 is 1.22 bits per heavy atom. The quantitative estimate of drug-likeness (QED) is 0.535. The van der Waals surface area contributed by atoms with E-state index >= 15 is 4.39 Å². The Balaban J connectivity index is 1.70. The number of aliphatic hydroxyl groups is 1. The summed E-state index contributed by atoms with van der Waals surface area (Å²) in [6, 6.07) is 0.665. The number of nitrogens with one attached hydrogen (secondary N) is 1. The second kappa shape index (κ2) is 10.1. The summed E-state index contributed by atoms with van der Waals surface area (Å²) in [6.45, 7) is 1.79. The number of alkyl halides is 1. The first-order valence-electron chi connectivity index (χ1n) is 11.5. The van der Waals surface area contributed by atoms with Crippen molar-refractivity contribution in [2.24, 2.45) is 12.5 Å². The Hall–Kier alpha value is -2.29. The summed E-state index contributed by atoms with van der Waals surface area (Å²) >= 11 is 0. The third-order valence-electron chi connectivity index (χ3n) is 6.91. The Kier molecular flexibility index (Phi) is 7.69. The Labute approximate surface area is 187 Å². The SMILES string of the molecule is CCOC(=O)N[C@@H](CC1(F)CCCC1)C(=O)CC1(C(O)C(=O)Cc2ccn(C)n2)CCC1. The molecule has 3 rings (SSSR count). The van der Waals surface area contributed by atoms with E-state index < -0.39 is 29.3 Å². The zero-order chi connectivity index (χ0) is 23.4. The van der Waals surface area contributed by atoms with E-state index in [0.717, 1.165) is 19.3 Å². The minimum atomic E-state index is -1.50. The number of ketones is 2. The normalized spacial score (nSPS) is 20.8. The summed E-state index contributed by atoms with van der Waals surface area (Å²) in [6.07, 6.45) is 3.51. The number of aryl methyl sites for hydroxylation is 1. The highest BCUT2D eigenvalue weighted by molar-refractivity contribution is 5.90. The van der Waals surface area contributed by atoms with Gasteiger partial charge in [0.2, 0.25) is 0 Å². The molecular formula is C23H34FN3O5. The number of amides is 1.